The Balaban J connectivity index is 2.20. The summed E-state index contributed by atoms with van der Waals surface area (Å²) in [5.41, 5.74) is 0. The summed E-state index contributed by atoms with van der Waals surface area (Å²) in [4.78, 5) is 10.3. The Morgan fingerprint density at radius 2 is 2.30 bits per heavy atom. The van der Waals surface area contributed by atoms with Crippen molar-refractivity contribution in [1.82, 2.24) is 5.32 Å². The van der Waals surface area contributed by atoms with E-state index in [0.29, 0.717) is 5.92 Å². The van der Waals surface area contributed by atoms with Crippen LogP contribution in [-0.4, -0.2) is 23.2 Å². The molecule has 2 unspecified atom stereocenters. The van der Waals surface area contributed by atoms with Crippen molar-refractivity contribution in [2.75, 3.05) is 0 Å². The van der Waals surface area contributed by atoms with E-state index in [1.165, 1.54) is 0 Å². The van der Waals surface area contributed by atoms with Gasteiger partial charge >= 0.3 is 5.97 Å². The zero-order valence-corrected chi connectivity index (χ0v) is 6.29. The molecule has 0 bridgehead atoms. The number of carboxylic acids is 1. The molecule has 0 radical (unpaired) electrons. The molecule has 0 aromatic heterocycles. The van der Waals surface area contributed by atoms with Crippen molar-refractivity contribution in [3.63, 3.8) is 0 Å². The maximum atomic E-state index is 10.3. The summed E-state index contributed by atoms with van der Waals surface area (Å²) >= 11 is 0. The number of carboxylic acid groups (broad SMARTS) is 1. The van der Waals surface area contributed by atoms with Crippen LogP contribution in [0, 0.1) is 5.92 Å². The third kappa shape index (κ3) is 1.70. The predicted octanol–water partition coefficient (Wildman–Crippen LogP) is 0.457. The van der Waals surface area contributed by atoms with Gasteiger partial charge in [-0.05, 0) is 12.3 Å². The number of nitrogens with one attached hydrogen (secondary N) is 1. The maximum Gasteiger partial charge on any atom is 0.322 e. The molecule has 0 spiro atoms. The Bertz CT molecular complexity index is 145. The molecular weight excluding hydrogens is 130 g/mol. The lowest BCUT2D eigenvalue weighted by atomic mass is 10.1. The first-order valence-electron chi connectivity index (χ1n) is 3.60. The summed E-state index contributed by atoms with van der Waals surface area (Å²) < 4.78 is 0. The summed E-state index contributed by atoms with van der Waals surface area (Å²) in [5.74, 6) is -0.132. The summed E-state index contributed by atoms with van der Waals surface area (Å²) in [6.45, 7) is 4.19. The molecule has 0 aromatic rings. The van der Waals surface area contributed by atoms with Gasteiger partial charge in [-0.3, -0.25) is 10.1 Å². The highest BCUT2D eigenvalue weighted by molar-refractivity contribution is 5.78. The van der Waals surface area contributed by atoms with E-state index in [4.69, 9.17) is 5.11 Å². The van der Waals surface area contributed by atoms with Crippen molar-refractivity contribution in [3.05, 3.63) is 0 Å². The molecule has 2 N–H and O–H groups in total. The molecule has 3 nitrogen and oxygen atoms in total. The topological polar surface area (TPSA) is 59.2 Å². The highest BCUT2D eigenvalue weighted by Crippen LogP contribution is 2.19. The fourth-order valence-corrected chi connectivity index (χ4v) is 1.13. The van der Waals surface area contributed by atoms with Gasteiger partial charge in [0.1, 0.15) is 6.04 Å². The molecule has 0 amide bonds. The molecule has 0 saturated carbocycles. The predicted molar refractivity (Wildman–Crippen MR) is 37.8 cm³/mol. The zero-order valence-electron chi connectivity index (χ0n) is 6.29. The Kier molecular flexibility index (Phi) is 1.94. The van der Waals surface area contributed by atoms with Crippen LogP contribution < -0.4 is 5.32 Å². The third-order valence-electron chi connectivity index (χ3n) is 1.68. The zero-order chi connectivity index (χ0) is 7.72. The monoisotopic (exact) mass is 143 g/mol. The first-order valence-corrected chi connectivity index (χ1v) is 3.60. The van der Waals surface area contributed by atoms with Crippen molar-refractivity contribution in [3.8, 4) is 0 Å². The average molecular weight is 143 g/mol. The highest BCUT2D eigenvalue weighted by atomic mass is 16.4. The lowest BCUT2D eigenvalue weighted by molar-refractivity contribution is -0.136. The Labute approximate surface area is 60.4 Å². The number of hydrogen-bond donors (Lipinski definition) is 2. The molecule has 1 heterocycles. The molecule has 58 valence electrons. The second-order valence-corrected chi connectivity index (χ2v) is 3.22. The normalized spacial score (nSPS) is 30.7. The van der Waals surface area contributed by atoms with Gasteiger partial charge in [0.15, 0.2) is 0 Å². The lowest BCUT2D eigenvalue weighted by Gasteiger charge is -1.98. The summed E-state index contributed by atoms with van der Waals surface area (Å²) in [5, 5.41) is 11.4. The summed E-state index contributed by atoms with van der Waals surface area (Å²) in [7, 11) is 0. The molecule has 1 saturated heterocycles. The van der Waals surface area contributed by atoms with Crippen LogP contribution in [0.4, 0.5) is 0 Å². The molecule has 1 rings (SSSR count). The Morgan fingerprint density at radius 1 is 1.70 bits per heavy atom. The van der Waals surface area contributed by atoms with Gasteiger partial charge in [0, 0.05) is 6.04 Å². The van der Waals surface area contributed by atoms with Crippen molar-refractivity contribution in [2.45, 2.75) is 32.4 Å². The highest BCUT2D eigenvalue weighted by Gasteiger charge is 2.42. The van der Waals surface area contributed by atoms with Gasteiger partial charge < -0.3 is 5.11 Å². The fraction of sp³-hybridized carbons (Fsp3) is 0.857. The molecule has 10 heavy (non-hydrogen) atoms. The lowest BCUT2D eigenvalue weighted by Crippen LogP contribution is -2.09. The van der Waals surface area contributed by atoms with E-state index in [2.05, 4.69) is 19.2 Å². The number of aliphatic carboxylic acids is 1. The molecule has 0 aromatic carbocycles. The van der Waals surface area contributed by atoms with Crippen molar-refractivity contribution in [2.24, 2.45) is 5.92 Å². The minimum Gasteiger partial charge on any atom is -0.480 e. The standard InChI is InChI=1S/C7H13NO2/c1-4(2)3-5-6(8-5)7(9)10/h4-6,8H,3H2,1-2H3,(H,9,10). The van der Waals surface area contributed by atoms with Crippen LogP contribution in [0.5, 0.6) is 0 Å². The van der Waals surface area contributed by atoms with E-state index < -0.39 is 5.97 Å². The SMILES string of the molecule is CC(C)CC1NC1C(=O)O. The third-order valence-corrected chi connectivity index (χ3v) is 1.68. The minimum atomic E-state index is -0.717. The minimum absolute atomic E-state index is 0.234. The Hall–Kier alpha value is -0.570. The van der Waals surface area contributed by atoms with Crippen LogP contribution in [0.3, 0.4) is 0 Å². The van der Waals surface area contributed by atoms with Crippen molar-refractivity contribution in [1.29, 1.82) is 0 Å². The summed E-state index contributed by atoms with van der Waals surface area (Å²) in [6.07, 6.45) is 0.969. The summed E-state index contributed by atoms with van der Waals surface area (Å²) in [6, 6.07) is -0.0279. The van der Waals surface area contributed by atoms with Crippen LogP contribution in [0.1, 0.15) is 20.3 Å². The van der Waals surface area contributed by atoms with E-state index in [0.717, 1.165) is 6.42 Å². The van der Waals surface area contributed by atoms with Gasteiger partial charge in [-0.1, -0.05) is 13.8 Å². The van der Waals surface area contributed by atoms with Crippen LogP contribution in [0.25, 0.3) is 0 Å². The molecule has 2 atom stereocenters. The quantitative estimate of drug-likeness (QED) is 0.564. The second-order valence-electron chi connectivity index (χ2n) is 3.22. The maximum absolute atomic E-state index is 10.3. The first-order chi connectivity index (χ1) is 4.61. The van der Waals surface area contributed by atoms with E-state index in [9.17, 15) is 4.79 Å². The molecule has 1 fully saturated rings. The smallest absolute Gasteiger partial charge is 0.322 e. The van der Waals surface area contributed by atoms with Gasteiger partial charge in [-0.25, -0.2) is 0 Å². The molecular formula is C7H13NO2. The number of hydrogen-bond acceptors (Lipinski definition) is 2. The second kappa shape index (κ2) is 2.58. The van der Waals surface area contributed by atoms with E-state index in [1.54, 1.807) is 0 Å². The molecule has 3 heteroatoms. The van der Waals surface area contributed by atoms with Gasteiger partial charge in [0.05, 0.1) is 0 Å². The van der Waals surface area contributed by atoms with Gasteiger partial charge in [-0.15, -0.1) is 0 Å². The van der Waals surface area contributed by atoms with E-state index in [1.807, 2.05) is 0 Å². The molecule has 1 aliphatic rings. The van der Waals surface area contributed by atoms with Crippen LogP contribution >= 0.6 is 0 Å². The van der Waals surface area contributed by atoms with Crippen LogP contribution in [-0.2, 0) is 4.79 Å². The van der Waals surface area contributed by atoms with Gasteiger partial charge in [0.2, 0.25) is 0 Å². The first kappa shape index (κ1) is 7.54. The van der Waals surface area contributed by atoms with Crippen LogP contribution in [0.15, 0.2) is 0 Å². The van der Waals surface area contributed by atoms with Crippen molar-refractivity contribution >= 4 is 5.97 Å². The average Bonchev–Trinajstić information content (AvgIpc) is 2.43. The van der Waals surface area contributed by atoms with E-state index in [-0.39, 0.29) is 12.1 Å². The fourth-order valence-electron chi connectivity index (χ4n) is 1.13. The van der Waals surface area contributed by atoms with Crippen molar-refractivity contribution < 1.29 is 9.90 Å². The number of carbonyl (C=O) groups is 1. The molecule has 0 aliphatic carbocycles. The van der Waals surface area contributed by atoms with Crippen LogP contribution in [0.2, 0.25) is 0 Å². The van der Waals surface area contributed by atoms with Gasteiger partial charge in [-0.2, -0.15) is 0 Å². The largest absolute Gasteiger partial charge is 0.480 e. The number of rotatable bonds is 3. The van der Waals surface area contributed by atoms with Gasteiger partial charge in [0.25, 0.3) is 0 Å². The molecule has 1 aliphatic heterocycles. The van der Waals surface area contributed by atoms with E-state index >= 15 is 0 Å². The Morgan fingerprint density at radius 3 is 2.60 bits per heavy atom.